The summed E-state index contributed by atoms with van der Waals surface area (Å²) in [6.45, 7) is -0.386. The van der Waals surface area contributed by atoms with Gasteiger partial charge in [-0.3, -0.25) is 0 Å². The van der Waals surface area contributed by atoms with Crippen LogP contribution in [0.2, 0.25) is 0 Å². The lowest BCUT2D eigenvalue weighted by molar-refractivity contribution is 0.0456. The van der Waals surface area contributed by atoms with Crippen molar-refractivity contribution in [1.29, 1.82) is 0 Å². The topological polar surface area (TPSA) is 63.6 Å². The summed E-state index contributed by atoms with van der Waals surface area (Å²) in [6, 6.07) is 8.01. The molecule has 0 unspecified atom stereocenters. The Hall–Kier alpha value is -2.90. The molecule has 2 aromatic rings. The van der Waals surface area contributed by atoms with Gasteiger partial charge >= 0.3 is 11.9 Å². The second-order valence-electron chi connectivity index (χ2n) is 4.37. The maximum atomic E-state index is 13.7. The fourth-order valence-corrected chi connectivity index (χ4v) is 1.79. The standard InChI is InChI=1S/C15H8F4O4/c16-10-8(14(20)21)11(17)13(19)9(12(10)18)15(22)23-6-7-4-2-1-3-5-7/h1-5H,6H2,(H,20,21). The van der Waals surface area contributed by atoms with E-state index in [-0.39, 0.29) is 6.61 Å². The van der Waals surface area contributed by atoms with Crippen molar-refractivity contribution >= 4 is 11.9 Å². The van der Waals surface area contributed by atoms with Crippen LogP contribution in [0.5, 0.6) is 0 Å². The first-order valence-electron chi connectivity index (χ1n) is 6.14. The number of benzene rings is 2. The van der Waals surface area contributed by atoms with Crippen LogP contribution < -0.4 is 0 Å². The predicted molar refractivity (Wildman–Crippen MR) is 68.8 cm³/mol. The molecule has 1 N–H and O–H groups in total. The van der Waals surface area contributed by atoms with Gasteiger partial charge in [-0.15, -0.1) is 0 Å². The lowest BCUT2D eigenvalue weighted by atomic mass is 10.1. The molecule has 0 aliphatic heterocycles. The van der Waals surface area contributed by atoms with Gasteiger partial charge in [-0.05, 0) is 5.56 Å². The summed E-state index contributed by atoms with van der Waals surface area (Å²) < 4.78 is 59.0. The fourth-order valence-electron chi connectivity index (χ4n) is 1.79. The van der Waals surface area contributed by atoms with Gasteiger partial charge in [0.05, 0.1) is 0 Å². The molecule has 0 spiro atoms. The summed E-state index contributed by atoms with van der Waals surface area (Å²) in [5.74, 6) is -12.5. The van der Waals surface area contributed by atoms with Gasteiger partial charge in [-0.1, -0.05) is 30.3 Å². The molecule has 0 atom stereocenters. The van der Waals surface area contributed by atoms with Crippen LogP contribution in [0, 0.1) is 23.3 Å². The highest BCUT2D eigenvalue weighted by atomic mass is 19.2. The van der Waals surface area contributed by atoms with Crippen molar-refractivity contribution < 1.29 is 37.0 Å². The Balaban J connectivity index is 2.36. The summed E-state index contributed by atoms with van der Waals surface area (Å²) in [4.78, 5) is 22.3. The van der Waals surface area contributed by atoms with E-state index in [9.17, 15) is 27.2 Å². The zero-order chi connectivity index (χ0) is 17.1. The molecule has 8 heteroatoms. The molecule has 0 saturated carbocycles. The van der Waals surface area contributed by atoms with E-state index in [1.54, 1.807) is 30.3 Å². The first-order chi connectivity index (χ1) is 10.8. The molecular formula is C15H8F4O4. The number of carbonyl (C=O) groups is 2. The zero-order valence-electron chi connectivity index (χ0n) is 11.3. The molecule has 0 aromatic heterocycles. The third-order valence-electron chi connectivity index (χ3n) is 2.89. The van der Waals surface area contributed by atoms with Crippen LogP contribution in [0.15, 0.2) is 30.3 Å². The number of carboxylic acids is 1. The van der Waals surface area contributed by atoms with E-state index in [4.69, 9.17) is 5.11 Å². The number of hydrogen-bond acceptors (Lipinski definition) is 3. The number of carboxylic acid groups (broad SMARTS) is 1. The van der Waals surface area contributed by atoms with Crippen LogP contribution in [-0.2, 0) is 11.3 Å². The van der Waals surface area contributed by atoms with Crippen LogP contribution in [0.3, 0.4) is 0 Å². The summed E-state index contributed by atoms with van der Waals surface area (Å²) in [6.07, 6.45) is 0. The van der Waals surface area contributed by atoms with Crippen molar-refractivity contribution in [3.8, 4) is 0 Å². The summed E-state index contributed by atoms with van der Waals surface area (Å²) >= 11 is 0. The van der Waals surface area contributed by atoms with E-state index in [1.165, 1.54) is 0 Å². The van der Waals surface area contributed by atoms with Gasteiger partial charge in [-0.25, -0.2) is 27.2 Å². The number of carbonyl (C=O) groups excluding carboxylic acids is 1. The molecule has 0 heterocycles. The Kier molecular flexibility index (Phi) is 4.63. The Morgan fingerprint density at radius 2 is 1.35 bits per heavy atom. The maximum absolute atomic E-state index is 13.7. The number of rotatable bonds is 4. The average molecular weight is 328 g/mol. The summed E-state index contributed by atoms with van der Waals surface area (Å²) in [5.41, 5.74) is -2.97. The second-order valence-corrected chi connectivity index (χ2v) is 4.37. The molecule has 4 nitrogen and oxygen atoms in total. The number of halogens is 4. The minimum absolute atomic E-state index is 0.386. The Labute approximate surface area is 126 Å². The molecule has 2 rings (SSSR count). The SMILES string of the molecule is O=C(O)c1c(F)c(F)c(C(=O)OCc2ccccc2)c(F)c1F. The van der Waals surface area contributed by atoms with E-state index < -0.39 is 46.3 Å². The quantitative estimate of drug-likeness (QED) is 0.531. The Bertz CT molecular complexity index is 746. The first kappa shape index (κ1) is 16.5. The molecular weight excluding hydrogens is 320 g/mol. The largest absolute Gasteiger partial charge is 0.477 e. The Morgan fingerprint density at radius 3 is 1.83 bits per heavy atom. The summed E-state index contributed by atoms with van der Waals surface area (Å²) in [7, 11) is 0. The summed E-state index contributed by atoms with van der Waals surface area (Å²) in [5, 5.41) is 8.55. The minimum atomic E-state index is -2.21. The number of esters is 1. The van der Waals surface area contributed by atoms with Gasteiger partial charge in [0.2, 0.25) is 0 Å². The molecule has 0 aliphatic rings. The normalized spacial score (nSPS) is 10.4. The van der Waals surface area contributed by atoms with Crippen LogP contribution in [-0.4, -0.2) is 17.0 Å². The van der Waals surface area contributed by atoms with E-state index in [0.29, 0.717) is 5.56 Å². The monoisotopic (exact) mass is 328 g/mol. The van der Waals surface area contributed by atoms with Crippen LogP contribution >= 0.6 is 0 Å². The van der Waals surface area contributed by atoms with E-state index >= 15 is 0 Å². The molecule has 2 aromatic carbocycles. The van der Waals surface area contributed by atoms with Gasteiger partial charge in [0, 0.05) is 0 Å². The first-order valence-corrected chi connectivity index (χ1v) is 6.14. The second kappa shape index (κ2) is 6.47. The van der Waals surface area contributed by atoms with Crippen molar-refractivity contribution in [1.82, 2.24) is 0 Å². The highest BCUT2D eigenvalue weighted by Gasteiger charge is 2.33. The van der Waals surface area contributed by atoms with Crippen LogP contribution in [0.25, 0.3) is 0 Å². The molecule has 0 radical (unpaired) electrons. The minimum Gasteiger partial charge on any atom is -0.477 e. The third kappa shape index (κ3) is 3.15. The average Bonchev–Trinajstić information content (AvgIpc) is 2.52. The maximum Gasteiger partial charge on any atom is 0.344 e. The van der Waals surface area contributed by atoms with Gasteiger partial charge in [-0.2, -0.15) is 0 Å². The lowest BCUT2D eigenvalue weighted by Crippen LogP contribution is -2.18. The predicted octanol–water partition coefficient (Wildman–Crippen LogP) is 3.30. The molecule has 120 valence electrons. The molecule has 0 amide bonds. The lowest BCUT2D eigenvalue weighted by Gasteiger charge is -2.10. The fraction of sp³-hybridized carbons (Fsp3) is 0.0667. The van der Waals surface area contributed by atoms with Gasteiger partial charge in [0.1, 0.15) is 17.7 Å². The smallest absolute Gasteiger partial charge is 0.344 e. The van der Waals surface area contributed by atoms with Crippen molar-refractivity contribution in [3.63, 3.8) is 0 Å². The van der Waals surface area contributed by atoms with Crippen molar-refractivity contribution in [2.24, 2.45) is 0 Å². The van der Waals surface area contributed by atoms with E-state index in [2.05, 4.69) is 4.74 Å². The highest BCUT2D eigenvalue weighted by Crippen LogP contribution is 2.25. The molecule has 23 heavy (non-hydrogen) atoms. The highest BCUT2D eigenvalue weighted by molar-refractivity contribution is 5.93. The van der Waals surface area contributed by atoms with Gasteiger partial charge < -0.3 is 9.84 Å². The van der Waals surface area contributed by atoms with Gasteiger partial charge in [0.25, 0.3) is 0 Å². The number of hydrogen-bond donors (Lipinski definition) is 1. The van der Waals surface area contributed by atoms with Crippen LogP contribution in [0.4, 0.5) is 17.6 Å². The molecule has 0 saturated heterocycles. The third-order valence-corrected chi connectivity index (χ3v) is 2.89. The van der Waals surface area contributed by atoms with E-state index in [1.807, 2.05) is 0 Å². The van der Waals surface area contributed by atoms with E-state index in [0.717, 1.165) is 0 Å². The number of aromatic carboxylic acids is 1. The molecule has 0 bridgehead atoms. The Morgan fingerprint density at radius 1 is 0.870 bits per heavy atom. The molecule has 0 aliphatic carbocycles. The van der Waals surface area contributed by atoms with Gasteiger partial charge in [0.15, 0.2) is 23.3 Å². The zero-order valence-corrected chi connectivity index (χ0v) is 11.3. The van der Waals surface area contributed by atoms with Crippen molar-refractivity contribution in [2.75, 3.05) is 0 Å². The van der Waals surface area contributed by atoms with Crippen molar-refractivity contribution in [3.05, 3.63) is 70.3 Å². The van der Waals surface area contributed by atoms with Crippen LogP contribution in [0.1, 0.15) is 26.3 Å². The molecule has 0 fully saturated rings. The van der Waals surface area contributed by atoms with Crippen molar-refractivity contribution in [2.45, 2.75) is 6.61 Å². The number of ether oxygens (including phenoxy) is 1.